The summed E-state index contributed by atoms with van der Waals surface area (Å²) in [7, 11) is 0. The molecule has 0 saturated heterocycles. The van der Waals surface area contributed by atoms with Gasteiger partial charge in [-0.3, -0.25) is 10.7 Å². The number of nitrogens with zero attached hydrogens (tertiary/aromatic N) is 1. The molecule has 10 heavy (non-hydrogen) atoms. The summed E-state index contributed by atoms with van der Waals surface area (Å²) in [5.74, 6) is 0. The Morgan fingerprint density at radius 1 is 1.50 bits per heavy atom. The van der Waals surface area contributed by atoms with Gasteiger partial charge < -0.3 is 5.11 Å². The number of hydrogen-bond acceptors (Lipinski definition) is 2. The van der Waals surface area contributed by atoms with Crippen molar-refractivity contribution in [3.63, 3.8) is 0 Å². The van der Waals surface area contributed by atoms with Crippen LogP contribution in [0, 0.1) is 0 Å². The highest BCUT2D eigenvalue weighted by Gasteiger charge is 1.90. The van der Waals surface area contributed by atoms with Crippen LogP contribution in [0.3, 0.4) is 0 Å². The molecular formula is C7H9N2O. The molecule has 1 radical (unpaired) electrons. The number of aliphatic hydroxyl groups is 1. The lowest BCUT2D eigenvalue weighted by Crippen LogP contribution is -1.91. The zero-order valence-electron chi connectivity index (χ0n) is 5.54. The second-order valence-corrected chi connectivity index (χ2v) is 1.99. The van der Waals surface area contributed by atoms with Crippen molar-refractivity contribution in [1.82, 2.24) is 10.7 Å². The van der Waals surface area contributed by atoms with Crippen LogP contribution in [0.4, 0.5) is 0 Å². The zero-order valence-corrected chi connectivity index (χ0v) is 5.54. The highest BCUT2D eigenvalue weighted by molar-refractivity contribution is 5.12. The molecule has 3 nitrogen and oxygen atoms in total. The minimum atomic E-state index is -0.0295. The summed E-state index contributed by atoms with van der Waals surface area (Å²) in [5.41, 5.74) is 8.49. The maximum atomic E-state index is 8.59. The van der Waals surface area contributed by atoms with Gasteiger partial charge in [0.25, 0.3) is 0 Å². The molecule has 3 heteroatoms. The highest BCUT2D eigenvalue weighted by atomic mass is 16.3. The third kappa shape index (κ3) is 1.52. The van der Waals surface area contributed by atoms with Crippen LogP contribution in [0.15, 0.2) is 18.3 Å². The van der Waals surface area contributed by atoms with Crippen LogP contribution >= 0.6 is 0 Å². The largest absolute Gasteiger partial charge is 0.390 e. The van der Waals surface area contributed by atoms with Gasteiger partial charge in [0.1, 0.15) is 0 Å². The Hall–Kier alpha value is -0.930. The van der Waals surface area contributed by atoms with Crippen molar-refractivity contribution >= 4 is 0 Å². The molecule has 0 amide bonds. The van der Waals surface area contributed by atoms with E-state index in [4.69, 9.17) is 10.8 Å². The second-order valence-electron chi connectivity index (χ2n) is 1.99. The monoisotopic (exact) mass is 137 g/mol. The van der Waals surface area contributed by atoms with Crippen LogP contribution in [-0.4, -0.2) is 10.1 Å². The Morgan fingerprint density at radius 2 is 2.30 bits per heavy atom. The summed E-state index contributed by atoms with van der Waals surface area (Å²) in [5, 5.41) is 8.59. The molecule has 0 aliphatic heterocycles. The molecule has 2 N–H and O–H groups in total. The molecular weight excluding hydrogens is 128 g/mol. The predicted molar refractivity (Wildman–Crippen MR) is 37.0 cm³/mol. The highest BCUT2D eigenvalue weighted by Crippen LogP contribution is 1.98. The first-order chi connectivity index (χ1) is 4.86. The van der Waals surface area contributed by atoms with Crippen LogP contribution in [0.5, 0.6) is 0 Å². The first-order valence-corrected chi connectivity index (χ1v) is 3.06. The number of nitrogens with one attached hydrogen (secondary N) is 1. The third-order valence-corrected chi connectivity index (χ3v) is 1.25. The van der Waals surface area contributed by atoms with Crippen molar-refractivity contribution in [3.8, 4) is 0 Å². The Morgan fingerprint density at radius 3 is 2.70 bits per heavy atom. The normalized spacial score (nSPS) is 9.80. The van der Waals surface area contributed by atoms with E-state index < -0.39 is 0 Å². The van der Waals surface area contributed by atoms with Gasteiger partial charge in [0.05, 0.1) is 12.3 Å². The van der Waals surface area contributed by atoms with Gasteiger partial charge >= 0.3 is 0 Å². The van der Waals surface area contributed by atoms with E-state index in [9.17, 15) is 0 Å². The van der Waals surface area contributed by atoms with E-state index in [1.807, 2.05) is 0 Å². The average Bonchev–Trinajstić information content (AvgIpc) is 2.05. The fraction of sp³-hybridized carbons (Fsp3) is 0.286. The minimum absolute atomic E-state index is 0.0295. The van der Waals surface area contributed by atoms with E-state index in [-0.39, 0.29) is 13.2 Å². The van der Waals surface area contributed by atoms with Gasteiger partial charge in [-0.05, 0) is 11.6 Å². The second kappa shape index (κ2) is 3.29. The van der Waals surface area contributed by atoms with Gasteiger partial charge in [0, 0.05) is 12.7 Å². The Bertz CT molecular complexity index is 172. The Kier molecular flexibility index (Phi) is 2.36. The summed E-state index contributed by atoms with van der Waals surface area (Å²) in [6, 6.07) is 3.52. The van der Waals surface area contributed by atoms with E-state index in [0.29, 0.717) is 5.69 Å². The standard InChI is InChI=1S/C7H9N2O/c8-3-6-1-2-7(5-10)9-4-6/h1-2,4,8,10H,3,5H2. The quantitative estimate of drug-likeness (QED) is 0.639. The number of aliphatic hydroxyl groups excluding tert-OH is 1. The molecule has 1 aromatic rings. The van der Waals surface area contributed by atoms with Gasteiger partial charge in [-0.25, -0.2) is 0 Å². The first kappa shape index (κ1) is 7.18. The first-order valence-electron chi connectivity index (χ1n) is 3.06. The van der Waals surface area contributed by atoms with Gasteiger partial charge in [0.15, 0.2) is 0 Å². The SMILES string of the molecule is [NH]Cc1ccc(CO)nc1. The average molecular weight is 137 g/mol. The van der Waals surface area contributed by atoms with Crippen LogP contribution in [-0.2, 0) is 13.2 Å². The van der Waals surface area contributed by atoms with E-state index in [1.54, 1.807) is 18.3 Å². The molecule has 1 rings (SSSR count). The van der Waals surface area contributed by atoms with Crippen molar-refractivity contribution in [3.05, 3.63) is 29.6 Å². The summed E-state index contributed by atoms with van der Waals surface area (Å²) < 4.78 is 0. The Labute approximate surface area is 59.5 Å². The van der Waals surface area contributed by atoms with E-state index in [2.05, 4.69) is 4.98 Å². The van der Waals surface area contributed by atoms with Gasteiger partial charge in [0.2, 0.25) is 0 Å². The molecule has 1 aromatic heterocycles. The third-order valence-electron chi connectivity index (χ3n) is 1.25. The summed E-state index contributed by atoms with van der Waals surface area (Å²) in [4.78, 5) is 3.90. The molecule has 0 fully saturated rings. The molecule has 0 aliphatic carbocycles. The predicted octanol–water partition coefficient (Wildman–Crippen LogP) is 0.357. The number of aromatic nitrogens is 1. The van der Waals surface area contributed by atoms with E-state index in [0.717, 1.165) is 5.56 Å². The molecule has 0 aliphatic rings. The molecule has 53 valence electrons. The van der Waals surface area contributed by atoms with Gasteiger partial charge in [-0.2, -0.15) is 0 Å². The van der Waals surface area contributed by atoms with Crippen LogP contribution in [0.2, 0.25) is 0 Å². The molecule has 0 aromatic carbocycles. The number of pyridine rings is 1. The van der Waals surface area contributed by atoms with Crippen LogP contribution in [0.25, 0.3) is 0 Å². The molecule has 1 heterocycles. The zero-order chi connectivity index (χ0) is 7.40. The van der Waals surface area contributed by atoms with Gasteiger partial charge in [-0.15, -0.1) is 0 Å². The fourth-order valence-electron chi connectivity index (χ4n) is 0.653. The van der Waals surface area contributed by atoms with Crippen LogP contribution < -0.4 is 5.73 Å². The lowest BCUT2D eigenvalue weighted by atomic mass is 10.2. The smallest absolute Gasteiger partial charge is 0.0852 e. The lowest BCUT2D eigenvalue weighted by molar-refractivity contribution is 0.277. The maximum absolute atomic E-state index is 8.59. The summed E-state index contributed by atoms with van der Waals surface area (Å²) in [6.45, 7) is 0.219. The van der Waals surface area contributed by atoms with Crippen molar-refractivity contribution < 1.29 is 5.11 Å². The minimum Gasteiger partial charge on any atom is -0.390 e. The lowest BCUT2D eigenvalue weighted by Gasteiger charge is -1.95. The van der Waals surface area contributed by atoms with Crippen molar-refractivity contribution in [1.29, 1.82) is 0 Å². The number of hydrogen-bond donors (Lipinski definition) is 1. The van der Waals surface area contributed by atoms with Crippen molar-refractivity contribution in [2.75, 3.05) is 0 Å². The molecule has 0 bridgehead atoms. The fourth-order valence-corrected chi connectivity index (χ4v) is 0.653. The molecule has 0 atom stereocenters. The summed E-state index contributed by atoms with van der Waals surface area (Å²) in [6.07, 6.45) is 1.61. The molecule has 0 unspecified atom stereocenters. The van der Waals surface area contributed by atoms with E-state index in [1.165, 1.54) is 0 Å². The van der Waals surface area contributed by atoms with Crippen LogP contribution in [0.1, 0.15) is 11.3 Å². The van der Waals surface area contributed by atoms with Crippen molar-refractivity contribution in [2.45, 2.75) is 13.2 Å². The summed E-state index contributed by atoms with van der Waals surface area (Å²) >= 11 is 0. The van der Waals surface area contributed by atoms with Crippen molar-refractivity contribution in [2.24, 2.45) is 0 Å². The topological polar surface area (TPSA) is 56.9 Å². The maximum Gasteiger partial charge on any atom is 0.0852 e. The molecule has 0 spiro atoms. The van der Waals surface area contributed by atoms with Gasteiger partial charge in [-0.1, -0.05) is 6.07 Å². The van der Waals surface area contributed by atoms with E-state index >= 15 is 0 Å². The molecule has 0 saturated carbocycles. The number of rotatable bonds is 2. The Balaban J connectivity index is 2.80.